The number of hydrogen-bond donors (Lipinski definition) is 1. The highest BCUT2D eigenvalue weighted by Gasteiger charge is 2.27. The van der Waals surface area contributed by atoms with E-state index in [1.807, 2.05) is 24.3 Å². The second kappa shape index (κ2) is 7.81. The molecule has 0 saturated carbocycles. The van der Waals surface area contributed by atoms with Gasteiger partial charge in [0.05, 0.1) is 16.8 Å². The van der Waals surface area contributed by atoms with E-state index in [-0.39, 0.29) is 19.1 Å². The molecule has 7 nitrogen and oxygen atoms in total. The van der Waals surface area contributed by atoms with Gasteiger partial charge >= 0.3 is 0 Å². The van der Waals surface area contributed by atoms with Gasteiger partial charge in [-0.25, -0.2) is 0 Å². The Morgan fingerprint density at radius 3 is 2.86 bits per heavy atom. The number of carbonyl (C=O) groups is 2. The van der Waals surface area contributed by atoms with Crippen LogP contribution in [0.1, 0.15) is 6.92 Å². The predicted octanol–water partition coefficient (Wildman–Crippen LogP) is 2.56. The number of carbonyl (C=O) groups excluding carboxylic acids is 2. The number of anilines is 1. The van der Waals surface area contributed by atoms with Gasteiger partial charge in [0.25, 0.3) is 5.91 Å². The summed E-state index contributed by atoms with van der Waals surface area (Å²) in [4.78, 5) is 28.8. The third kappa shape index (κ3) is 3.86. The number of nitrogens with zero attached hydrogens (tertiary/aromatic N) is 2. The summed E-state index contributed by atoms with van der Waals surface area (Å²) < 4.78 is 14.0. The highest BCUT2D eigenvalue weighted by atomic mass is 32.1. The Labute approximate surface area is 170 Å². The molecule has 0 bridgehead atoms. The Kier molecular flexibility index (Phi) is 5.06. The molecule has 0 fully saturated rings. The third-order valence-electron chi connectivity index (χ3n) is 4.24. The van der Waals surface area contributed by atoms with E-state index in [4.69, 9.17) is 15.9 Å². The first-order valence-corrected chi connectivity index (χ1v) is 9.68. The molecule has 2 amide bonds. The number of aromatic nitrogens is 1. The molecule has 1 N–H and O–H groups in total. The molecule has 0 aliphatic carbocycles. The number of thiazole rings is 1. The molecule has 2 heterocycles. The molecule has 4 rings (SSSR count). The molecule has 0 radical (unpaired) electrons. The van der Waals surface area contributed by atoms with E-state index in [2.05, 4.69) is 16.2 Å². The fourth-order valence-corrected chi connectivity index (χ4v) is 4.07. The Morgan fingerprint density at radius 2 is 2.10 bits per heavy atom. The summed E-state index contributed by atoms with van der Waals surface area (Å²) in [5, 5.41) is 2.74. The lowest BCUT2D eigenvalue weighted by atomic mass is 10.2. The van der Waals surface area contributed by atoms with Crippen LogP contribution < -0.4 is 19.6 Å². The minimum atomic E-state index is -0.829. The van der Waals surface area contributed by atoms with Crippen molar-refractivity contribution in [2.75, 3.05) is 11.9 Å². The van der Waals surface area contributed by atoms with E-state index < -0.39 is 12.0 Å². The number of terminal acetylenes is 1. The standard InChI is InChI=1S/C21H17N3O4S/c1-3-10-24-15-9-8-14(22-13(2)25)11-19(15)29-21(24)23-20(26)18-12-27-16-6-4-5-7-17(16)28-18/h1,4-9,11,18H,10,12H2,2H3,(H,22,25)/t18-/m0/s1. The van der Waals surface area contributed by atoms with Crippen LogP contribution in [0.3, 0.4) is 0 Å². The Hall–Kier alpha value is -3.57. The predicted molar refractivity (Wildman–Crippen MR) is 110 cm³/mol. The molecule has 146 valence electrons. The molecule has 1 aliphatic rings. The number of amides is 2. The first-order chi connectivity index (χ1) is 14.0. The molecule has 3 aromatic rings. The van der Waals surface area contributed by atoms with Crippen molar-refractivity contribution in [2.45, 2.75) is 19.6 Å². The van der Waals surface area contributed by atoms with E-state index in [1.165, 1.54) is 18.3 Å². The first kappa shape index (κ1) is 18.8. The maximum absolute atomic E-state index is 12.7. The fraction of sp³-hybridized carbons (Fsp3) is 0.190. The smallest absolute Gasteiger partial charge is 0.292 e. The van der Waals surface area contributed by atoms with Gasteiger partial charge in [-0.2, -0.15) is 4.99 Å². The number of rotatable bonds is 3. The monoisotopic (exact) mass is 407 g/mol. The van der Waals surface area contributed by atoms with Crippen LogP contribution in [-0.4, -0.2) is 29.1 Å². The number of fused-ring (bicyclic) bond motifs is 2. The van der Waals surface area contributed by atoms with Crippen molar-refractivity contribution in [3.05, 3.63) is 47.3 Å². The zero-order valence-corrected chi connectivity index (χ0v) is 16.4. The van der Waals surface area contributed by atoms with Gasteiger partial charge in [-0.05, 0) is 30.3 Å². The molecule has 0 unspecified atom stereocenters. The minimum Gasteiger partial charge on any atom is -0.485 e. The van der Waals surface area contributed by atoms with Gasteiger partial charge in [-0.1, -0.05) is 29.4 Å². The number of nitrogens with one attached hydrogen (secondary N) is 1. The number of hydrogen-bond acceptors (Lipinski definition) is 5. The van der Waals surface area contributed by atoms with Crippen LogP contribution in [0, 0.1) is 12.3 Å². The SMILES string of the molecule is C#CCn1c(=NC(=O)[C@@H]2COc3ccccc3O2)sc2cc(NC(C)=O)ccc21. The summed E-state index contributed by atoms with van der Waals surface area (Å²) in [6.07, 6.45) is 4.68. The summed E-state index contributed by atoms with van der Waals surface area (Å²) in [6, 6.07) is 12.6. The maximum atomic E-state index is 12.7. The molecule has 2 aromatic carbocycles. The van der Waals surface area contributed by atoms with Crippen molar-refractivity contribution in [1.29, 1.82) is 0 Å². The Morgan fingerprint density at radius 1 is 1.31 bits per heavy atom. The molecule has 1 aliphatic heterocycles. The van der Waals surface area contributed by atoms with Crippen molar-refractivity contribution in [3.8, 4) is 23.8 Å². The average Bonchev–Trinajstić information content (AvgIpc) is 3.03. The van der Waals surface area contributed by atoms with Crippen LogP contribution >= 0.6 is 11.3 Å². The molecule has 0 saturated heterocycles. The van der Waals surface area contributed by atoms with Crippen molar-refractivity contribution >= 4 is 39.1 Å². The summed E-state index contributed by atoms with van der Waals surface area (Å²) in [5.41, 5.74) is 1.50. The fourth-order valence-electron chi connectivity index (χ4n) is 2.99. The van der Waals surface area contributed by atoms with E-state index in [1.54, 1.807) is 22.8 Å². The van der Waals surface area contributed by atoms with Crippen LogP contribution in [0.2, 0.25) is 0 Å². The molecule has 0 spiro atoms. The van der Waals surface area contributed by atoms with Gasteiger partial charge in [0.1, 0.15) is 6.61 Å². The zero-order chi connectivity index (χ0) is 20.4. The van der Waals surface area contributed by atoms with Crippen LogP contribution in [0.15, 0.2) is 47.5 Å². The summed E-state index contributed by atoms with van der Waals surface area (Å²) in [5.74, 6) is 3.10. The van der Waals surface area contributed by atoms with Crippen molar-refractivity contribution < 1.29 is 19.1 Å². The average molecular weight is 407 g/mol. The van der Waals surface area contributed by atoms with Crippen molar-refractivity contribution in [1.82, 2.24) is 4.57 Å². The highest BCUT2D eigenvalue weighted by molar-refractivity contribution is 7.16. The van der Waals surface area contributed by atoms with Crippen LogP contribution in [0.5, 0.6) is 11.5 Å². The Bertz CT molecular complexity index is 1220. The van der Waals surface area contributed by atoms with Gasteiger partial charge in [0.2, 0.25) is 12.0 Å². The van der Waals surface area contributed by atoms with E-state index in [9.17, 15) is 9.59 Å². The molecule has 1 aromatic heterocycles. The van der Waals surface area contributed by atoms with Crippen LogP contribution in [0.4, 0.5) is 5.69 Å². The highest BCUT2D eigenvalue weighted by Crippen LogP contribution is 2.31. The van der Waals surface area contributed by atoms with Crippen molar-refractivity contribution in [3.63, 3.8) is 0 Å². The molecular formula is C21H17N3O4S. The molecule has 29 heavy (non-hydrogen) atoms. The molecule has 8 heteroatoms. The van der Waals surface area contributed by atoms with Gasteiger partial charge in [0.15, 0.2) is 16.3 Å². The van der Waals surface area contributed by atoms with Gasteiger partial charge < -0.3 is 19.4 Å². The molecular weight excluding hydrogens is 390 g/mol. The first-order valence-electron chi connectivity index (χ1n) is 8.86. The summed E-state index contributed by atoms with van der Waals surface area (Å²) >= 11 is 1.32. The normalized spacial score (nSPS) is 15.7. The number of ether oxygens (including phenoxy) is 2. The second-order valence-electron chi connectivity index (χ2n) is 6.35. The van der Waals surface area contributed by atoms with Gasteiger partial charge in [-0.15, -0.1) is 6.42 Å². The zero-order valence-electron chi connectivity index (χ0n) is 15.5. The summed E-state index contributed by atoms with van der Waals surface area (Å²) in [6.45, 7) is 1.80. The largest absolute Gasteiger partial charge is 0.485 e. The summed E-state index contributed by atoms with van der Waals surface area (Å²) in [7, 11) is 0. The lowest BCUT2D eigenvalue weighted by Gasteiger charge is -2.23. The Balaban J connectivity index is 1.69. The van der Waals surface area contributed by atoms with Gasteiger partial charge in [0, 0.05) is 12.6 Å². The van der Waals surface area contributed by atoms with Gasteiger partial charge in [-0.3, -0.25) is 9.59 Å². The minimum absolute atomic E-state index is 0.0893. The third-order valence-corrected chi connectivity index (χ3v) is 5.28. The number of benzene rings is 2. The maximum Gasteiger partial charge on any atom is 0.292 e. The molecule has 1 atom stereocenters. The quantitative estimate of drug-likeness (QED) is 0.677. The van der Waals surface area contributed by atoms with E-state index >= 15 is 0 Å². The van der Waals surface area contributed by atoms with E-state index in [0.717, 1.165) is 10.2 Å². The van der Waals surface area contributed by atoms with Crippen LogP contribution in [0.25, 0.3) is 10.2 Å². The number of para-hydroxylation sites is 2. The van der Waals surface area contributed by atoms with Crippen LogP contribution in [-0.2, 0) is 16.1 Å². The topological polar surface area (TPSA) is 81.9 Å². The van der Waals surface area contributed by atoms with Crippen molar-refractivity contribution in [2.24, 2.45) is 4.99 Å². The van der Waals surface area contributed by atoms with E-state index in [0.29, 0.717) is 22.0 Å². The lowest BCUT2D eigenvalue weighted by Crippen LogP contribution is -2.36. The second-order valence-corrected chi connectivity index (χ2v) is 7.36. The lowest BCUT2D eigenvalue weighted by molar-refractivity contribution is -0.127.